The van der Waals surface area contributed by atoms with Gasteiger partial charge >= 0.3 is 0 Å². The van der Waals surface area contributed by atoms with Gasteiger partial charge in [0.2, 0.25) is 0 Å². The molecule has 0 saturated carbocycles. The Morgan fingerprint density at radius 1 is 1.00 bits per heavy atom. The smallest absolute Gasteiger partial charge is 0.00438 e. The molecule has 10 heavy (non-hydrogen) atoms. The van der Waals surface area contributed by atoms with Crippen molar-refractivity contribution in [1.29, 1.82) is 0 Å². The number of hydrogen-bond acceptors (Lipinski definition) is 1. The van der Waals surface area contributed by atoms with Gasteiger partial charge in [-0.15, -0.1) is 0 Å². The summed E-state index contributed by atoms with van der Waals surface area (Å²) in [5.74, 6) is 0. The predicted octanol–water partition coefficient (Wildman–Crippen LogP) is 2.18. The first-order valence-corrected chi connectivity index (χ1v) is 4.41. The zero-order valence-electron chi connectivity index (χ0n) is 7.24. The SMILES string of the molecule is CC1(C)CCCCNCC1. The monoisotopic (exact) mass is 141 g/mol. The molecule has 1 rings (SSSR count). The van der Waals surface area contributed by atoms with E-state index < -0.39 is 0 Å². The molecule has 0 aliphatic carbocycles. The summed E-state index contributed by atoms with van der Waals surface area (Å²) in [5.41, 5.74) is 0.591. The van der Waals surface area contributed by atoms with Crippen LogP contribution >= 0.6 is 0 Å². The van der Waals surface area contributed by atoms with Gasteiger partial charge in [-0.05, 0) is 37.8 Å². The van der Waals surface area contributed by atoms with Crippen LogP contribution in [0.1, 0.15) is 39.5 Å². The summed E-state index contributed by atoms with van der Waals surface area (Å²) in [6.45, 7) is 7.20. The summed E-state index contributed by atoms with van der Waals surface area (Å²) >= 11 is 0. The van der Waals surface area contributed by atoms with Crippen molar-refractivity contribution in [2.45, 2.75) is 39.5 Å². The molecule has 1 heterocycles. The molecular weight excluding hydrogens is 122 g/mol. The van der Waals surface area contributed by atoms with E-state index in [4.69, 9.17) is 0 Å². The zero-order valence-corrected chi connectivity index (χ0v) is 7.24. The largest absolute Gasteiger partial charge is 0.317 e. The van der Waals surface area contributed by atoms with Crippen LogP contribution in [0.25, 0.3) is 0 Å². The zero-order chi connectivity index (χ0) is 7.45. The molecule has 1 aliphatic heterocycles. The molecule has 0 unspecified atom stereocenters. The average Bonchev–Trinajstić information content (AvgIpc) is 1.81. The minimum Gasteiger partial charge on any atom is -0.317 e. The molecule has 0 amide bonds. The van der Waals surface area contributed by atoms with Crippen molar-refractivity contribution in [2.24, 2.45) is 5.41 Å². The highest BCUT2D eigenvalue weighted by Gasteiger charge is 2.17. The number of rotatable bonds is 0. The van der Waals surface area contributed by atoms with Gasteiger partial charge in [-0.1, -0.05) is 20.3 Å². The van der Waals surface area contributed by atoms with Crippen molar-refractivity contribution in [3.05, 3.63) is 0 Å². The van der Waals surface area contributed by atoms with Crippen molar-refractivity contribution < 1.29 is 0 Å². The van der Waals surface area contributed by atoms with Crippen molar-refractivity contribution in [2.75, 3.05) is 13.1 Å². The molecule has 0 atom stereocenters. The lowest BCUT2D eigenvalue weighted by Gasteiger charge is -2.26. The predicted molar refractivity (Wildman–Crippen MR) is 45.1 cm³/mol. The first kappa shape index (κ1) is 8.06. The van der Waals surface area contributed by atoms with Crippen LogP contribution < -0.4 is 5.32 Å². The van der Waals surface area contributed by atoms with Crippen LogP contribution in [0, 0.1) is 5.41 Å². The van der Waals surface area contributed by atoms with Gasteiger partial charge in [0, 0.05) is 0 Å². The second-order valence-electron chi connectivity index (χ2n) is 4.12. The summed E-state index contributed by atoms with van der Waals surface area (Å²) in [5, 5.41) is 3.44. The molecule has 0 radical (unpaired) electrons. The Labute approximate surface area is 64.2 Å². The van der Waals surface area contributed by atoms with E-state index in [-0.39, 0.29) is 0 Å². The van der Waals surface area contributed by atoms with Crippen LogP contribution in [-0.2, 0) is 0 Å². The molecule has 0 bridgehead atoms. The lowest BCUT2D eigenvalue weighted by atomic mass is 9.83. The molecule has 1 aliphatic rings. The highest BCUT2D eigenvalue weighted by Crippen LogP contribution is 2.27. The summed E-state index contributed by atoms with van der Waals surface area (Å²) < 4.78 is 0. The van der Waals surface area contributed by atoms with Crippen molar-refractivity contribution in [1.82, 2.24) is 5.32 Å². The van der Waals surface area contributed by atoms with E-state index >= 15 is 0 Å². The second-order valence-corrected chi connectivity index (χ2v) is 4.12. The van der Waals surface area contributed by atoms with Crippen molar-refractivity contribution in [3.63, 3.8) is 0 Å². The van der Waals surface area contributed by atoms with E-state index in [1.165, 1.54) is 38.8 Å². The molecule has 0 spiro atoms. The van der Waals surface area contributed by atoms with E-state index in [1.807, 2.05) is 0 Å². The molecule has 1 fully saturated rings. The molecule has 0 aromatic rings. The number of nitrogens with one attached hydrogen (secondary N) is 1. The fourth-order valence-corrected chi connectivity index (χ4v) is 1.53. The van der Waals surface area contributed by atoms with Crippen LogP contribution in [0.3, 0.4) is 0 Å². The molecule has 60 valence electrons. The maximum absolute atomic E-state index is 3.44. The summed E-state index contributed by atoms with van der Waals surface area (Å²) in [6, 6.07) is 0. The minimum atomic E-state index is 0.591. The van der Waals surface area contributed by atoms with Gasteiger partial charge in [0.1, 0.15) is 0 Å². The van der Waals surface area contributed by atoms with E-state index in [2.05, 4.69) is 19.2 Å². The highest BCUT2D eigenvalue weighted by atomic mass is 14.8. The normalized spacial score (nSPS) is 27.0. The van der Waals surface area contributed by atoms with E-state index in [0.29, 0.717) is 5.41 Å². The van der Waals surface area contributed by atoms with Gasteiger partial charge in [-0.3, -0.25) is 0 Å². The molecule has 1 heteroatoms. The van der Waals surface area contributed by atoms with Gasteiger partial charge in [-0.25, -0.2) is 0 Å². The molecule has 1 saturated heterocycles. The Bertz CT molecular complexity index is 86.9. The maximum atomic E-state index is 3.44. The quantitative estimate of drug-likeness (QED) is 0.545. The van der Waals surface area contributed by atoms with Crippen molar-refractivity contribution >= 4 is 0 Å². The Kier molecular flexibility index (Phi) is 2.72. The third-order valence-electron chi connectivity index (χ3n) is 2.44. The fourth-order valence-electron chi connectivity index (χ4n) is 1.53. The average molecular weight is 141 g/mol. The van der Waals surface area contributed by atoms with E-state index in [1.54, 1.807) is 0 Å². The molecular formula is C9H19N. The summed E-state index contributed by atoms with van der Waals surface area (Å²) in [4.78, 5) is 0. The summed E-state index contributed by atoms with van der Waals surface area (Å²) in [7, 11) is 0. The Hall–Kier alpha value is -0.0400. The molecule has 1 N–H and O–H groups in total. The van der Waals surface area contributed by atoms with Gasteiger partial charge in [0.15, 0.2) is 0 Å². The maximum Gasteiger partial charge on any atom is -0.00438 e. The van der Waals surface area contributed by atoms with Gasteiger partial charge in [-0.2, -0.15) is 0 Å². The van der Waals surface area contributed by atoms with Crippen LogP contribution in [-0.4, -0.2) is 13.1 Å². The fraction of sp³-hybridized carbons (Fsp3) is 1.00. The van der Waals surface area contributed by atoms with Gasteiger partial charge in [0.25, 0.3) is 0 Å². The Balaban J connectivity index is 2.30. The van der Waals surface area contributed by atoms with E-state index in [9.17, 15) is 0 Å². The van der Waals surface area contributed by atoms with Crippen LogP contribution in [0.15, 0.2) is 0 Å². The third-order valence-corrected chi connectivity index (χ3v) is 2.44. The molecule has 0 aromatic heterocycles. The lowest BCUT2D eigenvalue weighted by molar-refractivity contribution is 0.275. The lowest BCUT2D eigenvalue weighted by Crippen LogP contribution is -2.26. The first-order valence-electron chi connectivity index (χ1n) is 4.41. The second kappa shape index (κ2) is 3.38. The highest BCUT2D eigenvalue weighted by molar-refractivity contribution is 4.72. The van der Waals surface area contributed by atoms with Crippen LogP contribution in [0.4, 0.5) is 0 Å². The van der Waals surface area contributed by atoms with Gasteiger partial charge in [0.05, 0.1) is 0 Å². The molecule has 1 nitrogen and oxygen atoms in total. The van der Waals surface area contributed by atoms with Crippen molar-refractivity contribution in [3.8, 4) is 0 Å². The topological polar surface area (TPSA) is 12.0 Å². The summed E-state index contributed by atoms with van der Waals surface area (Å²) in [6.07, 6.45) is 5.52. The minimum absolute atomic E-state index is 0.591. The first-order chi connectivity index (χ1) is 4.71. The van der Waals surface area contributed by atoms with Crippen LogP contribution in [0.5, 0.6) is 0 Å². The third kappa shape index (κ3) is 2.70. The number of hydrogen-bond donors (Lipinski definition) is 1. The standard InChI is InChI=1S/C9H19N/c1-9(2)5-3-4-7-10-8-6-9/h10H,3-8H2,1-2H3. The molecule has 0 aromatic carbocycles. The Morgan fingerprint density at radius 2 is 1.80 bits per heavy atom. The van der Waals surface area contributed by atoms with E-state index in [0.717, 1.165) is 0 Å². The van der Waals surface area contributed by atoms with Crippen LogP contribution in [0.2, 0.25) is 0 Å². The Morgan fingerprint density at radius 3 is 2.60 bits per heavy atom. The van der Waals surface area contributed by atoms with Gasteiger partial charge < -0.3 is 5.32 Å².